The van der Waals surface area contributed by atoms with E-state index in [-0.39, 0.29) is 12.1 Å². The Morgan fingerprint density at radius 1 is 1.42 bits per heavy atom. The minimum absolute atomic E-state index is 0.230. The summed E-state index contributed by atoms with van der Waals surface area (Å²) in [5.41, 5.74) is 0.597. The first-order chi connectivity index (χ1) is 8.94. The van der Waals surface area contributed by atoms with Gasteiger partial charge in [-0.2, -0.15) is 0 Å². The highest BCUT2D eigenvalue weighted by atomic mass is 16.6. The van der Waals surface area contributed by atoms with E-state index in [9.17, 15) is 4.79 Å². The van der Waals surface area contributed by atoms with E-state index < -0.39 is 5.60 Å². The number of hydrogen-bond donors (Lipinski definition) is 1. The van der Waals surface area contributed by atoms with Gasteiger partial charge in [0, 0.05) is 37.2 Å². The molecular formula is C14H21N3O2. The molecule has 0 aliphatic carbocycles. The first-order valence-corrected chi connectivity index (χ1v) is 6.58. The molecule has 1 aromatic heterocycles. The second-order valence-electron chi connectivity index (χ2n) is 5.79. The third kappa shape index (κ3) is 4.12. The van der Waals surface area contributed by atoms with Crippen LogP contribution in [0.2, 0.25) is 0 Å². The Labute approximate surface area is 114 Å². The van der Waals surface area contributed by atoms with E-state index >= 15 is 0 Å². The van der Waals surface area contributed by atoms with Crippen LogP contribution in [0, 0.1) is 0 Å². The lowest BCUT2D eigenvalue weighted by atomic mass is 10.2. The molecule has 1 saturated heterocycles. The predicted molar refractivity (Wildman–Crippen MR) is 74.1 cm³/mol. The summed E-state index contributed by atoms with van der Waals surface area (Å²) in [6, 6.07) is 4.13. The third-order valence-corrected chi connectivity index (χ3v) is 2.89. The number of rotatable bonds is 2. The van der Waals surface area contributed by atoms with Gasteiger partial charge in [0.2, 0.25) is 0 Å². The maximum atomic E-state index is 11.9. The molecule has 0 bridgehead atoms. The number of pyridine rings is 1. The van der Waals surface area contributed by atoms with Crippen LogP contribution in [-0.4, -0.2) is 40.7 Å². The highest BCUT2D eigenvalue weighted by Crippen LogP contribution is 2.18. The Balaban J connectivity index is 1.85. The Morgan fingerprint density at radius 2 is 2.11 bits per heavy atom. The second-order valence-corrected chi connectivity index (χ2v) is 5.79. The number of ether oxygens (including phenoxy) is 1. The number of amides is 1. The molecule has 0 spiro atoms. The molecular weight excluding hydrogens is 242 g/mol. The fourth-order valence-corrected chi connectivity index (χ4v) is 2.05. The highest BCUT2D eigenvalue weighted by molar-refractivity contribution is 5.68. The van der Waals surface area contributed by atoms with Crippen molar-refractivity contribution in [3.05, 3.63) is 24.5 Å². The van der Waals surface area contributed by atoms with Crippen molar-refractivity contribution in [1.29, 1.82) is 0 Å². The molecule has 2 rings (SSSR count). The summed E-state index contributed by atoms with van der Waals surface area (Å²) < 4.78 is 5.37. The number of nitrogens with one attached hydrogen (secondary N) is 1. The van der Waals surface area contributed by atoms with Crippen LogP contribution < -0.4 is 5.32 Å². The summed E-state index contributed by atoms with van der Waals surface area (Å²) >= 11 is 0. The molecule has 1 amide bonds. The average Bonchev–Trinajstić information content (AvgIpc) is 2.77. The van der Waals surface area contributed by atoms with Gasteiger partial charge < -0.3 is 15.0 Å². The monoisotopic (exact) mass is 263 g/mol. The molecule has 1 aliphatic heterocycles. The Morgan fingerprint density at radius 3 is 2.74 bits per heavy atom. The van der Waals surface area contributed by atoms with E-state index in [4.69, 9.17) is 4.74 Å². The van der Waals surface area contributed by atoms with Gasteiger partial charge in [-0.05, 0) is 39.3 Å². The van der Waals surface area contributed by atoms with Gasteiger partial charge in [-0.15, -0.1) is 0 Å². The van der Waals surface area contributed by atoms with Crippen LogP contribution in [0.25, 0.3) is 0 Å². The van der Waals surface area contributed by atoms with Crippen LogP contribution in [0.4, 0.5) is 10.5 Å². The van der Waals surface area contributed by atoms with Crippen molar-refractivity contribution in [2.75, 3.05) is 18.4 Å². The zero-order valence-electron chi connectivity index (χ0n) is 11.7. The first-order valence-electron chi connectivity index (χ1n) is 6.58. The van der Waals surface area contributed by atoms with E-state index in [1.807, 2.05) is 32.9 Å². The second kappa shape index (κ2) is 5.47. The minimum atomic E-state index is -0.437. The topological polar surface area (TPSA) is 54.5 Å². The van der Waals surface area contributed by atoms with Crippen LogP contribution in [0.1, 0.15) is 27.2 Å². The molecule has 5 heteroatoms. The Bertz CT molecular complexity index is 428. The van der Waals surface area contributed by atoms with Gasteiger partial charge >= 0.3 is 6.09 Å². The number of nitrogens with zero attached hydrogens (tertiary/aromatic N) is 2. The number of likely N-dealkylation sites (tertiary alicyclic amines) is 1. The largest absolute Gasteiger partial charge is 0.444 e. The van der Waals surface area contributed by atoms with Gasteiger partial charge in [0.1, 0.15) is 5.60 Å². The molecule has 0 unspecified atom stereocenters. The molecule has 1 N–H and O–H groups in total. The highest BCUT2D eigenvalue weighted by Gasteiger charge is 2.29. The molecule has 19 heavy (non-hydrogen) atoms. The number of anilines is 1. The van der Waals surface area contributed by atoms with Crippen LogP contribution in [0.3, 0.4) is 0 Å². The standard InChI is InChI=1S/C14H21N3O2/c1-14(2,3)19-13(18)17-9-6-12(10-17)16-11-4-7-15-8-5-11/h4-5,7-8,12H,6,9-10H2,1-3H3,(H,15,16)/t12-/m1/s1. The van der Waals surface area contributed by atoms with Crippen molar-refractivity contribution in [3.8, 4) is 0 Å². The fraction of sp³-hybridized carbons (Fsp3) is 0.571. The van der Waals surface area contributed by atoms with Crippen molar-refractivity contribution < 1.29 is 9.53 Å². The number of hydrogen-bond acceptors (Lipinski definition) is 4. The van der Waals surface area contributed by atoms with Gasteiger partial charge in [0.15, 0.2) is 0 Å². The summed E-state index contributed by atoms with van der Waals surface area (Å²) in [7, 11) is 0. The predicted octanol–water partition coefficient (Wildman–Crippen LogP) is 2.50. The van der Waals surface area contributed by atoms with Crippen LogP contribution in [0.15, 0.2) is 24.5 Å². The molecule has 0 radical (unpaired) electrons. The van der Waals surface area contributed by atoms with E-state index in [2.05, 4.69) is 10.3 Å². The lowest BCUT2D eigenvalue weighted by Gasteiger charge is -2.24. The maximum absolute atomic E-state index is 11.9. The quantitative estimate of drug-likeness (QED) is 0.890. The summed E-state index contributed by atoms with van der Waals surface area (Å²) in [4.78, 5) is 17.7. The summed E-state index contributed by atoms with van der Waals surface area (Å²) in [5, 5.41) is 3.40. The summed E-state index contributed by atoms with van der Waals surface area (Å²) in [5.74, 6) is 0. The molecule has 1 aromatic rings. The molecule has 0 saturated carbocycles. The van der Waals surface area contributed by atoms with Gasteiger partial charge in [0.05, 0.1) is 0 Å². The zero-order chi connectivity index (χ0) is 13.9. The third-order valence-electron chi connectivity index (χ3n) is 2.89. The summed E-state index contributed by atoms with van der Waals surface area (Å²) in [6.45, 7) is 7.06. The van der Waals surface area contributed by atoms with Gasteiger partial charge in [-0.25, -0.2) is 4.79 Å². The van der Waals surface area contributed by atoms with Crippen LogP contribution >= 0.6 is 0 Å². The SMILES string of the molecule is CC(C)(C)OC(=O)N1CC[C@@H](Nc2ccncc2)C1. The van der Waals surface area contributed by atoms with E-state index in [0.29, 0.717) is 6.54 Å². The van der Waals surface area contributed by atoms with Crippen LogP contribution in [-0.2, 0) is 4.74 Å². The van der Waals surface area contributed by atoms with Gasteiger partial charge in [-0.3, -0.25) is 4.98 Å². The lowest BCUT2D eigenvalue weighted by Crippen LogP contribution is -2.36. The summed E-state index contributed by atoms with van der Waals surface area (Å²) in [6.07, 6.45) is 4.21. The van der Waals surface area contributed by atoms with Crippen LogP contribution in [0.5, 0.6) is 0 Å². The number of carbonyl (C=O) groups is 1. The number of aromatic nitrogens is 1. The number of carbonyl (C=O) groups excluding carboxylic acids is 1. The normalized spacial score (nSPS) is 19.3. The molecule has 0 aromatic carbocycles. The van der Waals surface area contributed by atoms with E-state index in [1.54, 1.807) is 17.3 Å². The smallest absolute Gasteiger partial charge is 0.410 e. The van der Waals surface area contributed by atoms with Gasteiger partial charge in [0.25, 0.3) is 0 Å². The molecule has 104 valence electrons. The van der Waals surface area contributed by atoms with Crippen molar-refractivity contribution >= 4 is 11.8 Å². The maximum Gasteiger partial charge on any atom is 0.410 e. The van der Waals surface area contributed by atoms with Gasteiger partial charge in [-0.1, -0.05) is 0 Å². The molecule has 1 fully saturated rings. The average molecular weight is 263 g/mol. The van der Waals surface area contributed by atoms with E-state index in [0.717, 1.165) is 18.7 Å². The Kier molecular flexibility index (Phi) is 3.93. The molecule has 1 aliphatic rings. The lowest BCUT2D eigenvalue weighted by molar-refractivity contribution is 0.0293. The molecule has 1 atom stereocenters. The fourth-order valence-electron chi connectivity index (χ4n) is 2.05. The van der Waals surface area contributed by atoms with Crippen molar-refractivity contribution in [3.63, 3.8) is 0 Å². The first kappa shape index (κ1) is 13.6. The molecule has 2 heterocycles. The Hall–Kier alpha value is -1.78. The van der Waals surface area contributed by atoms with Crippen molar-refractivity contribution in [2.24, 2.45) is 0 Å². The van der Waals surface area contributed by atoms with Crippen molar-refractivity contribution in [2.45, 2.75) is 38.8 Å². The zero-order valence-corrected chi connectivity index (χ0v) is 11.7. The molecule has 5 nitrogen and oxygen atoms in total. The minimum Gasteiger partial charge on any atom is -0.444 e. The van der Waals surface area contributed by atoms with Crippen molar-refractivity contribution in [1.82, 2.24) is 9.88 Å². The van der Waals surface area contributed by atoms with E-state index in [1.165, 1.54) is 0 Å².